The molecule has 0 rings (SSSR count). The molecule has 2 N–H and O–H groups in total. The summed E-state index contributed by atoms with van der Waals surface area (Å²) in [6, 6.07) is 0. The molecule has 0 saturated carbocycles. The maximum Gasteiger partial charge on any atom is 0.219 e. The summed E-state index contributed by atoms with van der Waals surface area (Å²) in [5.41, 5.74) is 0. The van der Waals surface area contributed by atoms with E-state index in [4.69, 9.17) is 0 Å². The molecular weight excluding hydrogens is 276 g/mol. The third-order valence-electron chi connectivity index (χ3n) is 2.95. The van der Waals surface area contributed by atoms with Crippen molar-refractivity contribution < 1.29 is 14.4 Å². The zero-order valence-electron chi connectivity index (χ0n) is 12.4. The van der Waals surface area contributed by atoms with E-state index in [-0.39, 0.29) is 22.8 Å². The van der Waals surface area contributed by atoms with Crippen molar-refractivity contribution in [1.29, 1.82) is 0 Å². The van der Waals surface area contributed by atoms with Gasteiger partial charge < -0.3 is 10.6 Å². The second-order valence-electron chi connectivity index (χ2n) is 4.90. The van der Waals surface area contributed by atoms with Gasteiger partial charge in [-0.1, -0.05) is 6.42 Å². The quantitative estimate of drug-likeness (QED) is 0.399. The summed E-state index contributed by atoms with van der Waals surface area (Å²) in [6.45, 7) is 2.03. The highest BCUT2D eigenvalue weighted by Gasteiger charge is 2.10. The van der Waals surface area contributed by atoms with Crippen LogP contribution in [-0.4, -0.2) is 36.4 Å². The minimum absolute atomic E-state index is 0.000203. The number of carbonyl (C=O) groups is 3. The van der Waals surface area contributed by atoms with E-state index in [1.54, 1.807) is 7.05 Å². The molecule has 0 aromatic carbocycles. The Bertz CT molecular complexity index is 322. The van der Waals surface area contributed by atoms with Gasteiger partial charge in [-0.05, 0) is 19.3 Å². The molecule has 6 heteroatoms. The van der Waals surface area contributed by atoms with Crippen molar-refractivity contribution in [2.24, 2.45) is 0 Å². The third-order valence-corrected chi connectivity index (χ3v) is 3.39. The Morgan fingerprint density at radius 2 is 1.75 bits per heavy atom. The van der Waals surface area contributed by atoms with E-state index >= 15 is 0 Å². The molecule has 0 spiro atoms. The van der Waals surface area contributed by atoms with Gasteiger partial charge in [0.1, 0.15) is 5.78 Å². The van der Waals surface area contributed by atoms with Gasteiger partial charge in [0, 0.05) is 45.0 Å². The molecule has 0 saturated heterocycles. The van der Waals surface area contributed by atoms with E-state index in [0.717, 1.165) is 19.3 Å². The van der Waals surface area contributed by atoms with Crippen LogP contribution >= 0.6 is 12.6 Å². The SMILES string of the molecule is CNC(=O)CCCCCC(=O)CC(S)CCNC(C)=O. The van der Waals surface area contributed by atoms with Crippen LogP contribution < -0.4 is 10.6 Å². The zero-order chi connectivity index (χ0) is 15.4. The van der Waals surface area contributed by atoms with Crippen molar-refractivity contribution >= 4 is 30.2 Å². The maximum absolute atomic E-state index is 11.7. The molecule has 5 nitrogen and oxygen atoms in total. The molecule has 0 aliphatic heterocycles. The predicted octanol–water partition coefficient (Wildman–Crippen LogP) is 1.47. The molecular formula is C14H26N2O3S. The van der Waals surface area contributed by atoms with Crippen molar-refractivity contribution in [1.82, 2.24) is 10.6 Å². The van der Waals surface area contributed by atoms with Gasteiger partial charge in [-0.15, -0.1) is 0 Å². The lowest BCUT2D eigenvalue weighted by atomic mass is 10.1. The summed E-state index contributed by atoms with van der Waals surface area (Å²) < 4.78 is 0. The molecule has 116 valence electrons. The molecule has 0 aromatic heterocycles. The first-order valence-electron chi connectivity index (χ1n) is 7.10. The summed E-state index contributed by atoms with van der Waals surface area (Å²) in [5.74, 6) is 0.186. The fourth-order valence-corrected chi connectivity index (χ4v) is 2.12. The standard InChI is InChI=1S/C14H26N2O3S/c1-11(17)16-9-8-13(20)10-12(18)6-4-3-5-7-14(19)15-2/h13,20H,3-10H2,1-2H3,(H,15,19)(H,16,17). The number of thiol groups is 1. The maximum atomic E-state index is 11.7. The van der Waals surface area contributed by atoms with Crippen LogP contribution in [0.1, 0.15) is 51.9 Å². The van der Waals surface area contributed by atoms with E-state index in [0.29, 0.717) is 32.2 Å². The number of carbonyl (C=O) groups excluding carboxylic acids is 3. The van der Waals surface area contributed by atoms with E-state index in [2.05, 4.69) is 23.3 Å². The number of Topliss-reactive ketones (excluding diaryl/α,β-unsaturated/α-hetero) is 1. The first kappa shape index (κ1) is 19.0. The summed E-state index contributed by atoms with van der Waals surface area (Å²) in [4.78, 5) is 33.4. The number of rotatable bonds is 11. The highest BCUT2D eigenvalue weighted by Crippen LogP contribution is 2.11. The van der Waals surface area contributed by atoms with Crippen molar-refractivity contribution in [2.75, 3.05) is 13.6 Å². The Morgan fingerprint density at radius 3 is 2.35 bits per heavy atom. The number of hydrogen-bond donors (Lipinski definition) is 3. The van der Waals surface area contributed by atoms with E-state index in [1.165, 1.54) is 6.92 Å². The zero-order valence-corrected chi connectivity index (χ0v) is 13.3. The summed E-state index contributed by atoms with van der Waals surface area (Å²) in [6.07, 6.45) is 4.74. The van der Waals surface area contributed by atoms with Gasteiger partial charge in [-0.3, -0.25) is 14.4 Å². The average molecular weight is 302 g/mol. The first-order valence-corrected chi connectivity index (χ1v) is 7.62. The van der Waals surface area contributed by atoms with Crippen LogP contribution in [0.3, 0.4) is 0 Å². The summed E-state index contributed by atoms with van der Waals surface area (Å²) in [7, 11) is 1.62. The number of nitrogens with one attached hydrogen (secondary N) is 2. The van der Waals surface area contributed by atoms with Crippen LogP contribution in [0.2, 0.25) is 0 Å². The minimum atomic E-state index is -0.0621. The molecule has 0 radical (unpaired) electrons. The lowest BCUT2D eigenvalue weighted by Crippen LogP contribution is -2.24. The second kappa shape index (κ2) is 11.8. The topological polar surface area (TPSA) is 75.3 Å². The summed E-state index contributed by atoms with van der Waals surface area (Å²) in [5, 5.41) is 5.26. The van der Waals surface area contributed by atoms with Crippen LogP contribution in [0.15, 0.2) is 0 Å². The van der Waals surface area contributed by atoms with Gasteiger partial charge in [0.05, 0.1) is 0 Å². The molecule has 1 unspecified atom stereocenters. The van der Waals surface area contributed by atoms with Gasteiger partial charge in [0.2, 0.25) is 11.8 Å². The van der Waals surface area contributed by atoms with Crippen molar-refractivity contribution in [3.8, 4) is 0 Å². The molecule has 0 bridgehead atoms. The van der Waals surface area contributed by atoms with Crippen LogP contribution in [0.5, 0.6) is 0 Å². The Kier molecular flexibility index (Phi) is 11.1. The number of amides is 2. The lowest BCUT2D eigenvalue weighted by Gasteiger charge is -2.10. The van der Waals surface area contributed by atoms with Crippen LogP contribution in [-0.2, 0) is 14.4 Å². The van der Waals surface area contributed by atoms with Gasteiger partial charge in [0.15, 0.2) is 0 Å². The highest BCUT2D eigenvalue weighted by molar-refractivity contribution is 7.81. The summed E-state index contributed by atoms with van der Waals surface area (Å²) >= 11 is 4.35. The van der Waals surface area contributed by atoms with Gasteiger partial charge in [0.25, 0.3) is 0 Å². The van der Waals surface area contributed by atoms with E-state index < -0.39 is 0 Å². The second-order valence-corrected chi connectivity index (χ2v) is 5.63. The third kappa shape index (κ3) is 12.0. The fourth-order valence-electron chi connectivity index (χ4n) is 1.79. The van der Waals surface area contributed by atoms with Gasteiger partial charge in [-0.25, -0.2) is 0 Å². The van der Waals surface area contributed by atoms with Crippen molar-refractivity contribution in [3.05, 3.63) is 0 Å². The monoisotopic (exact) mass is 302 g/mol. The molecule has 20 heavy (non-hydrogen) atoms. The molecule has 0 aliphatic carbocycles. The van der Waals surface area contributed by atoms with E-state index in [9.17, 15) is 14.4 Å². The van der Waals surface area contributed by atoms with Crippen LogP contribution in [0, 0.1) is 0 Å². The van der Waals surface area contributed by atoms with Crippen LogP contribution in [0.4, 0.5) is 0 Å². The largest absolute Gasteiger partial charge is 0.359 e. The average Bonchev–Trinajstić information content (AvgIpc) is 2.37. The molecule has 1 atom stereocenters. The fraction of sp³-hybridized carbons (Fsp3) is 0.786. The normalized spacial score (nSPS) is 11.8. The molecule has 0 aromatic rings. The smallest absolute Gasteiger partial charge is 0.219 e. The minimum Gasteiger partial charge on any atom is -0.359 e. The predicted molar refractivity (Wildman–Crippen MR) is 82.9 cm³/mol. The first-order chi connectivity index (χ1) is 9.45. The Balaban J connectivity index is 3.52. The van der Waals surface area contributed by atoms with Gasteiger partial charge in [-0.2, -0.15) is 12.6 Å². The highest BCUT2D eigenvalue weighted by atomic mass is 32.1. The van der Waals surface area contributed by atoms with Gasteiger partial charge >= 0.3 is 0 Å². The van der Waals surface area contributed by atoms with Crippen molar-refractivity contribution in [2.45, 2.75) is 57.1 Å². The molecule has 2 amide bonds. The van der Waals surface area contributed by atoms with Crippen LogP contribution in [0.25, 0.3) is 0 Å². The molecule has 0 fully saturated rings. The number of hydrogen-bond acceptors (Lipinski definition) is 4. The Labute approximate surface area is 126 Å². The number of unbranched alkanes of at least 4 members (excludes halogenated alkanes) is 2. The molecule has 0 aliphatic rings. The van der Waals surface area contributed by atoms with E-state index in [1.807, 2.05) is 0 Å². The molecule has 0 heterocycles. The Hall–Kier alpha value is -1.04. The van der Waals surface area contributed by atoms with Crippen molar-refractivity contribution in [3.63, 3.8) is 0 Å². The number of ketones is 1. The lowest BCUT2D eigenvalue weighted by molar-refractivity contribution is -0.121. The Morgan fingerprint density at radius 1 is 1.10 bits per heavy atom.